The smallest absolute Gasteiger partial charge is 0.00501 e. The van der Waals surface area contributed by atoms with Gasteiger partial charge in [0.05, 0.1) is 0 Å². The van der Waals surface area contributed by atoms with Gasteiger partial charge >= 0.3 is 0 Å². The fourth-order valence-corrected chi connectivity index (χ4v) is 3.81. The van der Waals surface area contributed by atoms with Crippen LogP contribution in [0.4, 0.5) is 0 Å². The summed E-state index contributed by atoms with van der Waals surface area (Å²) in [7, 11) is 2.33. The minimum Gasteiger partial charge on any atom is -0.316 e. The maximum atomic E-state index is 3.57. The summed E-state index contributed by atoms with van der Waals surface area (Å²) in [5.74, 6) is 1.78. The molecule has 1 aliphatic carbocycles. The Labute approximate surface area is 107 Å². The zero-order valence-electron chi connectivity index (χ0n) is 12.0. The lowest BCUT2D eigenvalue weighted by Crippen LogP contribution is -2.42. The first kappa shape index (κ1) is 13.4. The van der Waals surface area contributed by atoms with E-state index in [1.165, 1.54) is 58.3 Å². The molecular formula is C15H30N2. The molecule has 2 fully saturated rings. The van der Waals surface area contributed by atoms with Gasteiger partial charge in [0, 0.05) is 19.6 Å². The lowest BCUT2D eigenvalue weighted by atomic mass is 9.76. The monoisotopic (exact) mass is 238 g/mol. The Bertz CT molecular complexity index is 225. The van der Waals surface area contributed by atoms with Crippen LogP contribution in [0.25, 0.3) is 0 Å². The van der Waals surface area contributed by atoms with Gasteiger partial charge in [-0.05, 0) is 50.1 Å². The first-order chi connectivity index (χ1) is 8.12. The van der Waals surface area contributed by atoms with Crippen LogP contribution in [-0.4, -0.2) is 38.1 Å². The SMILES string of the molecule is CC(C)C1(CN(C)CC2CCCC2)CCNC1. The molecule has 1 saturated carbocycles. The molecule has 2 aliphatic rings. The van der Waals surface area contributed by atoms with E-state index in [4.69, 9.17) is 0 Å². The van der Waals surface area contributed by atoms with Crippen LogP contribution in [0.5, 0.6) is 0 Å². The molecule has 1 N–H and O–H groups in total. The van der Waals surface area contributed by atoms with Crippen molar-refractivity contribution >= 4 is 0 Å². The Kier molecular flexibility index (Phi) is 4.48. The van der Waals surface area contributed by atoms with Gasteiger partial charge in [0.25, 0.3) is 0 Å². The second-order valence-corrected chi connectivity index (χ2v) is 6.79. The molecule has 2 rings (SSSR count). The third-order valence-corrected chi connectivity index (χ3v) is 5.13. The van der Waals surface area contributed by atoms with E-state index in [0.29, 0.717) is 5.41 Å². The van der Waals surface area contributed by atoms with E-state index in [0.717, 1.165) is 11.8 Å². The zero-order valence-corrected chi connectivity index (χ0v) is 12.0. The van der Waals surface area contributed by atoms with Crippen LogP contribution < -0.4 is 5.32 Å². The number of nitrogens with zero attached hydrogens (tertiary/aromatic N) is 1. The van der Waals surface area contributed by atoms with Crippen molar-refractivity contribution in [1.82, 2.24) is 10.2 Å². The van der Waals surface area contributed by atoms with Crippen LogP contribution in [0.15, 0.2) is 0 Å². The quantitative estimate of drug-likeness (QED) is 0.792. The van der Waals surface area contributed by atoms with Gasteiger partial charge in [0.15, 0.2) is 0 Å². The summed E-state index contributed by atoms with van der Waals surface area (Å²) >= 11 is 0. The van der Waals surface area contributed by atoms with Crippen LogP contribution in [0.1, 0.15) is 46.0 Å². The highest BCUT2D eigenvalue weighted by Gasteiger charge is 2.37. The fourth-order valence-electron chi connectivity index (χ4n) is 3.81. The molecule has 0 spiro atoms. The number of hydrogen-bond acceptors (Lipinski definition) is 2. The Morgan fingerprint density at radius 1 is 1.29 bits per heavy atom. The molecule has 1 atom stereocenters. The highest BCUT2D eigenvalue weighted by Crippen LogP contribution is 2.35. The largest absolute Gasteiger partial charge is 0.316 e. The van der Waals surface area contributed by atoms with Crippen molar-refractivity contribution in [3.63, 3.8) is 0 Å². The molecule has 0 amide bonds. The lowest BCUT2D eigenvalue weighted by molar-refractivity contribution is 0.124. The topological polar surface area (TPSA) is 15.3 Å². The van der Waals surface area contributed by atoms with Crippen molar-refractivity contribution in [2.24, 2.45) is 17.3 Å². The number of nitrogens with one attached hydrogen (secondary N) is 1. The minimum absolute atomic E-state index is 0.535. The normalized spacial score (nSPS) is 30.9. The molecule has 1 heterocycles. The second-order valence-electron chi connectivity index (χ2n) is 6.79. The summed E-state index contributed by atoms with van der Waals surface area (Å²) in [6.45, 7) is 9.85. The van der Waals surface area contributed by atoms with Gasteiger partial charge in [-0.1, -0.05) is 26.7 Å². The van der Waals surface area contributed by atoms with E-state index in [9.17, 15) is 0 Å². The van der Waals surface area contributed by atoms with Gasteiger partial charge in [0.2, 0.25) is 0 Å². The standard InChI is InChI=1S/C15H30N2/c1-13(2)15(8-9-16-11-15)12-17(3)10-14-6-4-5-7-14/h13-14,16H,4-12H2,1-3H3. The molecule has 1 saturated heterocycles. The Morgan fingerprint density at radius 2 is 2.00 bits per heavy atom. The van der Waals surface area contributed by atoms with Crippen molar-refractivity contribution in [2.45, 2.75) is 46.0 Å². The molecule has 0 bridgehead atoms. The van der Waals surface area contributed by atoms with E-state index in [-0.39, 0.29) is 0 Å². The maximum absolute atomic E-state index is 3.57. The molecule has 0 radical (unpaired) electrons. The average Bonchev–Trinajstić information content (AvgIpc) is 2.89. The van der Waals surface area contributed by atoms with E-state index in [2.05, 4.69) is 31.1 Å². The highest BCUT2D eigenvalue weighted by atomic mass is 15.1. The summed E-state index contributed by atoms with van der Waals surface area (Å²) in [6, 6.07) is 0. The molecule has 2 heteroatoms. The molecule has 0 aromatic heterocycles. The second kappa shape index (κ2) is 5.71. The molecule has 1 aliphatic heterocycles. The fraction of sp³-hybridized carbons (Fsp3) is 1.00. The molecule has 0 aromatic carbocycles. The van der Waals surface area contributed by atoms with Crippen LogP contribution >= 0.6 is 0 Å². The van der Waals surface area contributed by atoms with Gasteiger partial charge in [-0.25, -0.2) is 0 Å². The minimum atomic E-state index is 0.535. The van der Waals surface area contributed by atoms with Crippen molar-refractivity contribution in [3.05, 3.63) is 0 Å². The van der Waals surface area contributed by atoms with Gasteiger partial charge in [-0.2, -0.15) is 0 Å². The third kappa shape index (κ3) is 3.23. The van der Waals surface area contributed by atoms with E-state index in [1.54, 1.807) is 0 Å². The van der Waals surface area contributed by atoms with Gasteiger partial charge in [-0.3, -0.25) is 0 Å². The summed E-state index contributed by atoms with van der Waals surface area (Å²) in [4.78, 5) is 2.61. The Balaban J connectivity index is 1.84. The van der Waals surface area contributed by atoms with Gasteiger partial charge < -0.3 is 10.2 Å². The molecule has 0 aromatic rings. The summed E-state index contributed by atoms with van der Waals surface area (Å²) in [5.41, 5.74) is 0.535. The predicted molar refractivity (Wildman–Crippen MR) is 74.2 cm³/mol. The predicted octanol–water partition coefficient (Wildman–Crippen LogP) is 2.74. The van der Waals surface area contributed by atoms with Crippen molar-refractivity contribution in [1.29, 1.82) is 0 Å². The van der Waals surface area contributed by atoms with Crippen molar-refractivity contribution in [2.75, 3.05) is 33.2 Å². The summed E-state index contributed by atoms with van der Waals surface area (Å²) in [5, 5.41) is 3.57. The first-order valence-electron chi connectivity index (χ1n) is 7.52. The molecule has 100 valence electrons. The summed E-state index contributed by atoms with van der Waals surface area (Å²) in [6.07, 6.45) is 7.24. The zero-order chi connectivity index (χ0) is 12.3. The van der Waals surface area contributed by atoms with E-state index >= 15 is 0 Å². The Morgan fingerprint density at radius 3 is 2.53 bits per heavy atom. The van der Waals surface area contributed by atoms with Gasteiger partial charge in [0.1, 0.15) is 0 Å². The van der Waals surface area contributed by atoms with Crippen molar-refractivity contribution < 1.29 is 0 Å². The van der Waals surface area contributed by atoms with E-state index < -0.39 is 0 Å². The molecule has 1 unspecified atom stereocenters. The van der Waals surface area contributed by atoms with Crippen LogP contribution in [0.3, 0.4) is 0 Å². The highest BCUT2D eigenvalue weighted by molar-refractivity contribution is 4.92. The maximum Gasteiger partial charge on any atom is 0.00501 e. The number of rotatable bonds is 5. The number of hydrogen-bond donors (Lipinski definition) is 1. The van der Waals surface area contributed by atoms with Crippen LogP contribution in [0, 0.1) is 17.3 Å². The average molecular weight is 238 g/mol. The Hall–Kier alpha value is -0.0800. The summed E-state index contributed by atoms with van der Waals surface area (Å²) < 4.78 is 0. The first-order valence-corrected chi connectivity index (χ1v) is 7.52. The third-order valence-electron chi connectivity index (χ3n) is 5.13. The molecule has 17 heavy (non-hydrogen) atoms. The van der Waals surface area contributed by atoms with Crippen LogP contribution in [-0.2, 0) is 0 Å². The molecular weight excluding hydrogens is 208 g/mol. The van der Waals surface area contributed by atoms with Crippen LogP contribution in [0.2, 0.25) is 0 Å². The van der Waals surface area contributed by atoms with E-state index in [1.807, 2.05) is 0 Å². The van der Waals surface area contributed by atoms with Crippen molar-refractivity contribution in [3.8, 4) is 0 Å². The lowest BCUT2D eigenvalue weighted by Gasteiger charge is -2.37. The van der Waals surface area contributed by atoms with Gasteiger partial charge in [-0.15, -0.1) is 0 Å². The molecule has 2 nitrogen and oxygen atoms in total.